The van der Waals surface area contributed by atoms with Crippen molar-refractivity contribution >= 4 is 5.91 Å². The zero-order chi connectivity index (χ0) is 14.3. The van der Waals surface area contributed by atoms with E-state index in [0.717, 1.165) is 11.3 Å². The van der Waals surface area contributed by atoms with E-state index in [1.807, 2.05) is 24.3 Å². The van der Waals surface area contributed by atoms with E-state index < -0.39 is 12.9 Å². The second kappa shape index (κ2) is 5.05. The van der Waals surface area contributed by atoms with E-state index in [2.05, 4.69) is 0 Å². The third kappa shape index (κ3) is 1.88. The lowest BCUT2D eigenvalue weighted by Gasteiger charge is -2.23. The van der Waals surface area contributed by atoms with Crippen molar-refractivity contribution in [2.45, 2.75) is 19.2 Å². The van der Waals surface area contributed by atoms with Gasteiger partial charge in [-0.15, -0.1) is 0 Å². The maximum atomic E-state index is 13.1. The Morgan fingerprint density at radius 1 is 1.40 bits per heavy atom. The average molecular weight is 279 g/mol. The maximum absolute atomic E-state index is 13.1. The summed E-state index contributed by atoms with van der Waals surface area (Å²) in [7, 11) is 1.61. The van der Waals surface area contributed by atoms with E-state index in [0.29, 0.717) is 6.61 Å². The summed E-state index contributed by atoms with van der Waals surface area (Å²) < 4.78 is 24.0. The first-order valence-electron chi connectivity index (χ1n) is 6.81. The highest BCUT2D eigenvalue weighted by molar-refractivity contribution is 5.82. The van der Waals surface area contributed by atoms with Gasteiger partial charge in [0, 0.05) is 17.4 Å². The van der Waals surface area contributed by atoms with E-state index in [4.69, 9.17) is 9.47 Å². The van der Waals surface area contributed by atoms with Crippen LogP contribution in [0.4, 0.5) is 4.39 Å². The molecule has 2 saturated heterocycles. The van der Waals surface area contributed by atoms with Gasteiger partial charge in [-0.25, -0.2) is 0 Å². The Bertz CT molecular complexity index is 504. The van der Waals surface area contributed by atoms with Crippen LogP contribution in [0.1, 0.15) is 18.7 Å². The lowest BCUT2D eigenvalue weighted by atomic mass is 9.93. The summed E-state index contributed by atoms with van der Waals surface area (Å²) in [6.45, 7) is 1.73. The smallest absolute Gasteiger partial charge is 0.228 e. The number of benzene rings is 1. The van der Waals surface area contributed by atoms with Crippen LogP contribution in [-0.2, 0) is 9.53 Å². The molecule has 108 valence electrons. The van der Waals surface area contributed by atoms with Crippen molar-refractivity contribution in [2.24, 2.45) is 11.8 Å². The molecule has 0 radical (unpaired) electrons. The van der Waals surface area contributed by atoms with Crippen molar-refractivity contribution < 1.29 is 18.7 Å². The molecule has 4 atom stereocenters. The predicted octanol–water partition coefficient (Wildman–Crippen LogP) is 2.16. The van der Waals surface area contributed by atoms with Gasteiger partial charge in [0.15, 0.2) is 6.23 Å². The van der Waals surface area contributed by atoms with Crippen LogP contribution >= 0.6 is 0 Å². The lowest BCUT2D eigenvalue weighted by Crippen LogP contribution is -2.33. The number of hydrogen-bond acceptors (Lipinski definition) is 3. The van der Waals surface area contributed by atoms with Gasteiger partial charge in [-0.3, -0.25) is 9.18 Å². The number of rotatable bonds is 3. The highest BCUT2D eigenvalue weighted by atomic mass is 19.1. The summed E-state index contributed by atoms with van der Waals surface area (Å²) in [5.74, 6) is 0.211. The van der Waals surface area contributed by atoms with Gasteiger partial charge in [0.1, 0.15) is 5.75 Å². The van der Waals surface area contributed by atoms with Crippen LogP contribution in [-0.4, -0.2) is 37.2 Å². The molecule has 0 N–H and O–H groups in total. The van der Waals surface area contributed by atoms with Crippen molar-refractivity contribution in [3.8, 4) is 5.75 Å². The molecular formula is C15H18FNO3. The minimum atomic E-state index is -0.479. The first-order chi connectivity index (χ1) is 9.67. The average Bonchev–Trinajstić information content (AvgIpc) is 3.00. The molecular weight excluding hydrogens is 261 g/mol. The highest BCUT2D eigenvalue weighted by Crippen LogP contribution is 2.43. The van der Waals surface area contributed by atoms with Crippen LogP contribution < -0.4 is 4.74 Å². The highest BCUT2D eigenvalue weighted by Gasteiger charge is 2.52. The minimum Gasteiger partial charge on any atom is -0.497 e. The number of ether oxygens (including phenoxy) is 2. The number of alkyl halides is 1. The molecule has 1 aromatic rings. The fourth-order valence-corrected chi connectivity index (χ4v) is 3.15. The van der Waals surface area contributed by atoms with Gasteiger partial charge in [0.25, 0.3) is 0 Å². The van der Waals surface area contributed by atoms with E-state index in [-0.39, 0.29) is 23.8 Å². The van der Waals surface area contributed by atoms with Crippen LogP contribution in [0.5, 0.6) is 5.75 Å². The molecule has 0 bridgehead atoms. The lowest BCUT2D eigenvalue weighted by molar-refractivity contribution is -0.137. The fourth-order valence-electron chi connectivity index (χ4n) is 3.15. The third-order valence-corrected chi connectivity index (χ3v) is 4.39. The second-order valence-electron chi connectivity index (χ2n) is 5.38. The first kappa shape index (κ1) is 13.4. The molecule has 2 heterocycles. The van der Waals surface area contributed by atoms with Crippen molar-refractivity contribution in [3.05, 3.63) is 29.8 Å². The van der Waals surface area contributed by atoms with E-state index in [9.17, 15) is 9.18 Å². The summed E-state index contributed by atoms with van der Waals surface area (Å²) in [5.41, 5.74) is 0.897. The molecule has 2 fully saturated rings. The molecule has 0 spiro atoms. The van der Waals surface area contributed by atoms with E-state index in [1.165, 1.54) is 0 Å². The Morgan fingerprint density at radius 3 is 2.70 bits per heavy atom. The summed E-state index contributed by atoms with van der Waals surface area (Å²) >= 11 is 0. The first-order valence-corrected chi connectivity index (χ1v) is 6.81. The Labute approximate surface area is 117 Å². The second-order valence-corrected chi connectivity index (χ2v) is 5.38. The van der Waals surface area contributed by atoms with Crippen LogP contribution in [0.15, 0.2) is 24.3 Å². The molecule has 0 saturated carbocycles. The number of nitrogens with zero attached hydrogens (tertiary/aromatic N) is 1. The van der Waals surface area contributed by atoms with Crippen molar-refractivity contribution in [2.75, 3.05) is 20.4 Å². The Morgan fingerprint density at radius 2 is 2.10 bits per heavy atom. The molecule has 1 amide bonds. The van der Waals surface area contributed by atoms with Crippen LogP contribution in [0, 0.1) is 11.8 Å². The van der Waals surface area contributed by atoms with Gasteiger partial charge in [0.05, 0.1) is 26.4 Å². The molecule has 20 heavy (non-hydrogen) atoms. The maximum Gasteiger partial charge on any atom is 0.228 e. The number of carbonyl (C=O) groups excluding carboxylic acids is 1. The van der Waals surface area contributed by atoms with Gasteiger partial charge < -0.3 is 14.4 Å². The molecule has 4 nitrogen and oxygen atoms in total. The zero-order valence-corrected chi connectivity index (χ0v) is 11.6. The number of amides is 1. The third-order valence-electron chi connectivity index (χ3n) is 4.39. The molecule has 2 aliphatic heterocycles. The standard InChI is InChI=1S/C15H18FNO3/c1-9-12(7-16)13-8-20-15(17(13)14(9)18)10-3-5-11(19-2)6-4-10/h3-6,9,12-13,15H,7-8H2,1-2H3. The number of halogens is 1. The van der Waals surface area contributed by atoms with Gasteiger partial charge >= 0.3 is 0 Å². The summed E-state index contributed by atoms with van der Waals surface area (Å²) in [4.78, 5) is 14.0. The van der Waals surface area contributed by atoms with Crippen LogP contribution in [0.3, 0.4) is 0 Å². The zero-order valence-electron chi connectivity index (χ0n) is 11.6. The topological polar surface area (TPSA) is 38.8 Å². The number of fused-ring (bicyclic) bond motifs is 1. The molecule has 3 rings (SSSR count). The van der Waals surface area contributed by atoms with Gasteiger partial charge in [-0.2, -0.15) is 0 Å². The quantitative estimate of drug-likeness (QED) is 0.851. The molecule has 1 aromatic carbocycles. The van der Waals surface area contributed by atoms with Gasteiger partial charge in [-0.1, -0.05) is 19.1 Å². The monoisotopic (exact) mass is 279 g/mol. The summed E-state index contributed by atoms with van der Waals surface area (Å²) in [5, 5.41) is 0. The Balaban J connectivity index is 1.87. The number of carbonyl (C=O) groups is 1. The van der Waals surface area contributed by atoms with Gasteiger partial charge in [-0.05, 0) is 12.1 Å². The Hall–Kier alpha value is -1.62. The van der Waals surface area contributed by atoms with Crippen molar-refractivity contribution in [1.82, 2.24) is 4.90 Å². The van der Waals surface area contributed by atoms with Gasteiger partial charge in [0.2, 0.25) is 5.91 Å². The van der Waals surface area contributed by atoms with Crippen LogP contribution in [0.2, 0.25) is 0 Å². The molecule has 0 aliphatic carbocycles. The molecule has 0 aromatic heterocycles. The van der Waals surface area contributed by atoms with Crippen LogP contribution in [0.25, 0.3) is 0 Å². The number of hydrogen-bond donors (Lipinski definition) is 0. The number of methoxy groups -OCH3 is 1. The van der Waals surface area contributed by atoms with Crippen molar-refractivity contribution in [1.29, 1.82) is 0 Å². The van der Waals surface area contributed by atoms with E-state index in [1.54, 1.807) is 18.9 Å². The SMILES string of the molecule is COc1ccc(C2OCC3C(CF)C(C)C(=O)N23)cc1. The Kier molecular flexibility index (Phi) is 3.38. The van der Waals surface area contributed by atoms with Crippen molar-refractivity contribution in [3.63, 3.8) is 0 Å². The molecule has 4 unspecified atom stereocenters. The molecule has 2 aliphatic rings. The predicted molar refractivity (Wildman–Crippen MR) is 71.0 cm³/mol. The van der Waals surface area contributed by atoms with E-state index >= 15 is 0 Å². The fraction of sp³-hybridized carbons (Fsp3) is 0.533. The summed E-state index contributed by atoms with van der Waals surface area (Å²) in [6, 6.07) is 7.29. The molecule has 5 heteroatoms. The minimum absolute atomic E-state index is 0.0176. The largest absolute Gasteiger partial charge is 0.497 e. The summed E-state index contributed by atoms with van der Waals surface area (Å²) in [6.07, 6.45) is -0.405. The normalized spacial score (nSPS) is 32.5.